The molecule has 4 rings (SSSR count). The fourth-order valence-electron chi connectivity index (χ4n) is 3.64. The van der Waals surface area contributed by atoms with Crippen LogP contribution < -0.4 is 4.74 Å². The summed E-state index contributed by atoms with van der Waals surface area (Å²) in [7, 11) is 1.63. The van der Waals surface area contributed by atoms with Gasteiger partial charge in [-0.3, -0.25) is 14.8 Å². The Labute approximate surface area is 182 Å². The molecule has 2 aromatic heterocycles. The highest BCUT2D eigenvalue weighted by atomic mass is 16.5. The summed E-state index contributed by atoms with van der Waals surface area (Å²) < 4.78 is 5.30. The monoisotopic (exact) mass is 411 g/mol. The second kappa shape index (κ2) is 8.96. The predicted octanol–water partition coefficient (Wildman–Crippen LogP) is 5.10. The van der Waals surface area contributed by atoms with E-state index in [1.165, 1.54) is 0 Å². The number of ether oxygens (including phenoxy) is 1. The molecule has 0 saturated carbocycles. The number of rotatable bonds is 6. The first-order valence-corrected chi connectivity index (χ1v) is 10.2. The van der Waals surface area contributed by atoms with Crippen molar-refractivity contribution in [3.63, 3.8) is 0 Å². The number of benzene rings is 2. The van der Waals surface area contributed by atoms with Gasteiger partial charge in [-0.05, 0) is 49.7 Å². The summed E-state index contributed by atoms with van der Waals surface area (Å²) >= 11 is 0. The highest BCUT2D eigenvalue weighted by molar-refractivity contribution is 5.98. The van der Waals surface area contributed by atoms with Crippen molar-refractivity contribution in [2.45, 2.75) is 26.9 Å². The average molecular weight is 412 g/mol. The summed E-state index contributed by atoms with van der Waals surface area (Å²) in [6.45, 7) is 4.75. The molecule has 0 atom stereocenters. The SMILES string of the molecule is COc1ccc2cc(C(=O)N(Cc3ccccc3)Cc3cccc(C)n3)c(C)nc2c1. The lowest BCUT2D eigenvalue weighted by Crippen LogP contribution is -2.31. The molecular weight excluding hydrogens is 386 g/mol. The first kappa shape index (κ1) is 20.5. The molecule has 1 amide bonds. The summed E-state index contributed by atoms with van der Waals surface area (Å²) in [5, 5.41) is 0.906. The van der Waals surface area contributed by atoms with Crippen LogP contribution in [0.25, 0.3) is 10.9 Å². The second-order valence-electron chi connectivity index (χ2n) is 7.60. The number of carbonyl (C=O) groups is 1. The molecule has 31 heavy (non-hydrogen) atoms. The first-order valence-electron chi connectivity index (χ1n) is 10.2. The molecule has 0 bridgehead atoms. The lowest BCUT2D eigenvalue weighted by atomic mass is 10.1. The molecular formula is C26H25N3O2. The third-order valence-electron chi connectivity index (χ3n) is 5.25. The molecule has 0 spiro atoms. The van der Waals surface area contributed by atoms with Crippen LogP contribution in [0.1, 0.15) is 33.0 Å². The van der Waals surface area contributed by atoms with Gasteiger partial charge in [-0.25, -0.2) is 0 Å². The van der Waals surface area contributed by atoms with Gasteiger partial charge in [-0.1, -0.05) is 36.4 Å². The third-order valence-corrected chi connectivity index (χ3v) is 5.25. The van der Waals surface area contributed by atoms with Crippen molar-refractivity contribution in [1.29, 1.82) is 0 Å². The Morgan fingerprint density at radius 2 is 1.71 bits per heavy atom. The fourth-order valence-corrected chi connectivity index (χ4v) is 3.64. The van der Waals surface area contributed by atoms with Gasteiger partial charge in [-0.2, -0.15) is 0 Å². The van der Waals surface area contributed by atoms with Crippen LogP contribution in [0.2, 0.25) is 0 Å². The molecule has 2 aromatic carbocycles. The molecule has 0 fully saturated rings. The van der Waals surface area contributed by atoms with E-state index in [1.807, 2.05) is 91.5 Å². The van der Waals surface area contributed by atoms with Crippen LogP contribution in [0.3, 0.4) is 0 Å². The molecule has 0 unspecified atom stereocenters. The number of pyridine rings is 2. The first-order chi connectivity index (χ1) is 15.0. The van der Waals surface area contributed by atoms with Crippen molar-refractivity contribution in [1.82, 2.24) is 14.9 Å². The van der Waals surface area contributed by atoms with Crippen molar-refractivity contribution >= 4 is 16.8 Å². The van der Waals surface area contributed by atoms with Gasteiger partial charge in [-0.15, -0.1) is 0 Å². The van der Waals surface area contributed by atoms with E-state index in [0.29, 0.717) is 24.3 Å². The minimum atomic E-state index is -0.0603. The van der Waals surface area contributed by atoms with Gasteiger partial charge in [0.25, 0.3) is 5.91 Å². The molecule has 156 valence electrons. The smallest absolute Gasteiger partial charge is 0.256 e. The minimum Gasteiger partial charge on any atom is -0.497 e. The van der Waals surface area contributed by atoms with Gasteiger partial charge < -0.3 is 9.64 Å². The van der Waals surface area contributed by atoms with E-state index < -0.39 is 0 Å². The zero-order valence-corrected chi connectivity index (χ0v) is 18.0. The Hall–Kier alpha value is -3.73. The van der Waals surface area contributed by atoms with E-state index in [2.05, 4.69) is 9.97 Å². The predicted molar refractivity (Wildman–Crippen MR) is 122 cm³/mol. The number of amides is 1. The summed E-state index contributed by atoms with van der Waals surface area (Å²) in [4.78, 5) is 24.8. The summed E-state index contributed by atoms with van der Waals surface area (Å²) in [6, 6.07) is 23.5. The lowest BCUT2D eigenvalue weighted by molar-refractivity contribution is 0.0726. The maximum atomic E-state index is 13.7. The zero-order valence-electron chi connectivity index (χ0n) is 18.0. The Morgan fingerprint density at radius 1 is 0.903 bits per heavy atom. The number of methoxy groups -OCH3 is 1. The van der Waals surface area contributed by atoms with Crippen molar-refractivity contribution in [3.05, 3.63) is 101 Å². The molecule has 0 aliphatic heterocycles. The van der Waals surface area contributed by atoms with Crippen molar-refractivity contribution in [2.24, 2.45) is 0 Å². The molecule has 5 nitrogen and oxygen atoms in total. The van der Waals surface area contributed by atoms with E-state index in [4.69, 9.17) is 4.74 Å². The number of nitrogens with zero attached hydrogens (tertiary/aromatic N) is 3. The molecule has 0 N–H and O–H groups in total. The molecule has 0 aliphatic rings. The molecule has 4 aromatic rings. The Morgan fingerprint density at radius 3 is 2.45 bits per heavy atom. The van der Waals surface area contributed by atoms with Crippen LogP contribution >= 0.6 is 0 Å². The zero-order chi connectivity index (χ0) is 21.8. The standard InChI is InChI=1S/C26H25N3O2/c1-18-8-7-11-22(27-18)17-29(16-20-9-5-4-6-10-20)26(30)24-14-21-12-13-23(31-3)15-25(21)28-19(24)2/h4-15H,16-17H2,1-3H3. The molecule has 0 aliphatic carbocycles. The number of carbonyl (C=O) groups excluding carboxylic acids is 1. The van der Waals surface area contributed by atoms with Crippen molar-refractivity contribution in [3.8, 4) is 5.75 Å². The normalized spacial score (nSPS) is 10.8. The van der Waals surface area contributed by atoms with Crippen LogP contribution in [0, 0.1) is 13.8 Å². The van der Waals surface area contributed by atoms with Crippen LogP contribution in [0.5, 0.6) is 5.75 Å². The molecule has 2 heterocycles. The van der Waals surface area contributed by atoms with Gasteiger partial charge >= 0.3 is 0 Å². The van der Waals surface area contributed by atoms with Gasteiger partial charge in [0.2, 0.25) is 0 Å². The Bertz CT molecular complexity index is 1220. The van der Waals surface area contributed by atoms with Crippen LogP contribution in [0.15, 0.2) is 72.8 Å². The van der Waals surface area contributed by atoms with Gasteiger partial charge in [0.1, 0.15) is 5.75 Å². The third kappa shape index (κ3) is 4.72. The van der Waals surface area contributed by atoms with E-state index in [-0.39, 0.29) is 5.91 Å². The molecule has 5 heteroatoms. The highest BCUT2D eigenvalue weighted by Crippen LogP contribution is 2.23. The van der Waals surface area contributed by atoms with E-state index in [0.717, 1.165) is 33.6 Å². The number of fused-ring (bicyclic) bond motifs is 1. The molecule has 0 saturated heterocycles. The number of aromatic nitrogens is 2. The Kier molecular flexibility index (Phi) is 5.94. The van der Waals surface area contributed by atoms with E-state index in [1.54, 1.807) is 7.11 Å². The van der Waals surface area contributed by atoms with Crippen LogP contribution in [-0.4, -0.2) is 27.9 Å². The number of hydrogen-bond donors (Lipinski definition) is 0. The van der Waals surface area contributed by atoms with E-state index >= 15 is 0 Å². The van der Waals surface area contributed by atoms with Crippen molar-refractivity contribution in [2.75, 3.05) is 7.11 Å². The number of hydrogen-bond acceptors (Lipinski definition) is 4. The largest absolute Gasteiger partial charge is 0.497 e. The summed E-state index contributed by atoms with van der Waals surface area (Å²) in [5.41, 5.74) is 4.97. The van der Waals surface area contributed by atoms with E-state index in [9.17, 15) is 4.79 Å². The lowest BCUT2D eigenvalue weighted by Gasteiger charge is -2.24. The summed E-state index contributed by atoms with van der Waals surface area (Å²) in [6.07, 6.45) is 0. The summed E-state index contributed by atoms with van der Waals surface area (Å²) in [5.74, 6) is 0.685. The Balaban J connectivity index is 1.71. The second-order valence-corrected chi connectivity index (χ2v) is 7.60. The highest BCUT2D eigenvalue weighted by Gasteiger charge is 2.20. The topological polar surface area (TPSA) is 55.3 Å². The van der Waals surface area contributed by atoms with Crippen LogP contribution in [-0.2, 0) is 13.1 Å². The number of aryl methyl sites for hydroxylation is 2. The van der Waals surface area contributed by atoms with Crippen molar-refractivity contribution < 1.29 is 9.53 Å². The average Bonchev–Trinajstić information content (AvgIpc) is 2.78. The maximum Gasteiger partial charge on any atom is 0.256 e. The minimum absolute atomic E-state index is 0.0603. The molecule has 0 radical (unpaired) electrons. The fraction of sp³-hybridized carbons (Fsp3) is 0.192. The van der Waals surface area contributed by atoms with Gasteiger partial charge in [0.15, 0.2) is 0 Å². The van der Waals surface area contributed by atoms with Crippen LogP contribution in [0.4, 0.5) is 0 Å². The maximum absolute atomic E-state index is 13.7. The van der Waals surface area contributed by atoms with Gasteiger partial charge in [0, 0.05) is 23.7 Å². The quantitative estimate of drug-likeness (QED) is 0.443. The van der Waals surface area contributed by atoms with Gasteiger partial charge in [0.05, 0.1) is 36.1 Å².